The van der Waals surface area contributed by atoms with Gasteiger partial charge in [0, 0.05) is 47.8 Å². The Morgan fingerprint density at radius 3 is 1.64 bits per heavy atom. The van der Waals surface area contributed by atoms with Crippen LogP contribution in [0, 0.1) is 13.8 Å². The summed E-state index contributed by atoms with van der Waals surface area (Å²) in [6.45, 7) is 6.09. The van der Waals surface area contributed by atoms with Gasteiger partial charge in [-0.05, 0) is 54.4 Å². The van der Waals surface area contributed by atoms with Gasteiger partial charge in [0.2, 0.25) is 0 Å². The molecule has 152 valence electrons. The van der Waals surface area contributed by atoms with Crippen LogP contribution >= 0.6 is 7.92 Å². The molecular weight excluding hydrogens is 552 g/mol. The van der Waals surface area contributed by atoms with Crippen LogP contribution in [0.1, 0.15) is 23.6 Å². The van der Waals surface area contributed by atoms with Crippen molar-refractivity contribution < 1.29 is 50.4 Å². The molecule has 0 unspecified atom stereocenters. The Labute approximate surface area is 196 Å². The Bertz CT molecular complexity index is 882. The smallest absolute Gasteiger partial charge is 0.302 e. The van der Waals surface area contributed by atoms with Gasteiger partial charge in [-0.15, -0.1) is 0 Å². The minimum Gasteiger partial charge on any atom is -0.461 e. The van der Waals surface area contributed by atoms with Gasteiger partial charge in [0.15, 0.2) is 0 Å². The second kappa shape index (κ2) is 11.8. The van der Waals surface area contributed by atoms with Crippen molar-refractivity contribution >= 4 is 29.8 Å². The first-order valence-corrected chi connectivity index (χ1v) is 10.0. The van der Waals surface area contributed by atoms with Gasteiger partial charge in [-0.2, -0.15) is 0 Å². The molecule has 0 atom stereocenters. The monoisotopic (exact) mass is 574 g/mol. The van der Waals surface area contributed by atoms with Crippen LogP contribution in [0.2, 0.25) is 0 Å². The van der Waals surface area contributed by atoms with Crippen molar-refractivity contribution in [3.63, 3.8) is 0 Å². The SMILES string of the molecule is CC(=O)OCc1ccccc1P(c1ccccc1C)c1ccccc1C.[Pd].[Pd]. The first-order chi connectivity index (χ1) is 12.6. The van der Waals surface area contributed by atoms with Crippen LogP contribution in [0.25, 0.3) is 0 Å². The van der Waals surface area contributed by atoms with Crippen molar-refractivity contribution in [1.29, 1.82) is 0 Å². The van der Waals surface area contributed by atoms with Crippen molar-refractivity contribution in [3.05, 3.63) is 89.5 Å². The van der Waals surface area contributed by atoms with E-state index in [0.717, 1.165) is 5.56 Å². The predicted molar refractivity (Wildman–Crippen MR) is 110 cm³/mol. The Morgan fingerprint density at radius 2 is 1.18 bits per heavy atom. The first-order valence-electron chi connectivity index (χ1n) is 8.70. The molecule has 0 N–H and O–H groups in total. The quantitative estimate of drug-likeness (QED) is 0.260. The maximum Gasteiger partial charge on any atom is 0.302 e. The zero-order valence-corrected chi connectivity index (χ0v) is 20.0. The van der Waals surface area contributed by atoms with Crippen LogP contribution in [0.4, 0.5) is 0 Å². The summed E-state index contributed by atoms with van der Waals surface area (Å²) in [7, 11) is -0.731. The van der Waals surface area contributed by atoms with Gasteiger partial charge in [0.05, 0.1) is 0 Å². The normalized spacial score (nSPS) is 10.0. The number of carbonyl (C=O) groups excluding carboxylic acids is 1. The van der Waals surface area contributed by atoms with E-state index in [9.17, 15) is 4.79 Å². The van der Waals surface area contributed by atoms with Crippen molar-refractivity contribution in [2.45, 2.75) is 27.4 Å². The molecular formula is C23H23O2PPd2. The molecule has 2 nitrogen and oxygen atoms in total. The van der Waals surface area contributed by atoms with Crippen molar-refractivity contribution in [2.75, 3.05) is 0 Å². The molecule has 0 spiro atoms. The fourth-order valence-electron chi connectivity index (χ4n) is 3.05. The second-order valence-corrected chi connectivity index (χ2v) is 8.43. The minimum atomic E-state index is -0.731. The van der Waals surface area contributed by atoms with Crippen molar-refractivity contribution in [2.24, 2.45) is 0 Å². The number of esters is 1. The van der Waals surface area contributed by atoms with E-state index in [2.05, 4.69) is 80.6 Å². The number of ether oxygens (including phenoxy) is 1. The Hall–Kier alpha value is -1.12. The van der Waals surface area contributed by atoms with Gasteiger partial charge in [-0.3, -0.25) is 4.79 Å². The minimum absolute atomic E-state index is 0. The van der Waals surface area contributed by atoms with Crippen molar-refractivity contribution in [1.82, 2.24) is 0 Å². The number of benzene rings is 3. The molecule has 28 heavy (non-hydrogen) atoms. The van der Waals surface area contributed by atoms with Crippen LogP contribution in [0.3, 0.4) is 0 Å². The summed E-state index contributed by atoms with van der Waals surface area (Å²) < 4.78 is 5.32. The third-order valence-electron chi connectivity index (χ3n) is 4.38. The van der Waals surface area contributed by atoms with E-state index in [1.807, 2.05) is 6.07 Å². The molecule has 3 aromatic rings. The Morgan fingerprint density at radius 1 is 0.750 bits per heavy atom. The molecule has 0 aliphatic carbocycles. The molecule has 3 rings (SSSR count). The maximum atomic E-state index is 11.3. The summed E-state index contributed by atoms with van der Waals surface area (Å²) >= 11 is 0. The van der Waals surface area contributed by atoms with E-state index in [1.165, 1.54) is 34.0 Å². The van der Waals surface area contributed by atoms with Crippen LogP contribution in [0.15, 0.2) is 72.8 Å². The van der Waals surface area contributed by atoms with Gasteiger partial charge in [-0.1, -0.05) is 72.8 Å². The van der Waals surface area contributed by atoms with Gasteiger partial charge in [-0.25, -0.2) is 0 Å². The molecule has 0 amide bonds. The van der Waals surface area contributed by atoms with E-state index in [1.54, 1.807) is 0 Å². The molecule has 0 saturated heterocycles. The zero-order valence-electron chi connectivity index (χ0n) is 16.0. The van der Waals surface area contributed by atoms with Gasteiger partial charge >= 0.3 is 5.97 Å². The van der Waals surface area contributed by atoms with Crippen LogP contribution in [-0.2, 0) is 57.0 Å². The third kappa shape index (κ3) is 5.94. The topological polar surface area (TPSA) is 26.3 Å². The number of hydrogen-bond acceptors (Lipinski definition) is 2. The average Bonchev–Trinajstić information content (AvgIpc) is 2.64. The van der Waals surface area contributed by atoms with E-state index in [4.69, 9.17) is 4.74 Å². The van der Waals surface area contributed by atoms with E-state index >= 15 is 0 Å². The van der Waals surface area contributed by atoms with Crippen LogP contribution in [-0.4, -0.2) is 5.97 Å². The fraction of sp³-hybridized carbons (Fsp3) is 0.174. The Balaban J connectivity index is 0.00000196. The molecule has 0 bridgehead atoms. The summed E-state index contributed by atoms with van der Waals surface area (Å²) in [5.74, 6) is -0.254. The molecule has 3 aromatic carbocycles. The van der Waals surface area contributed by atoms with Gasteiger partial charge in [0.1, 0.15) is 6.61 Å². The van der Waals surface area contributed by atoms with Gasteiger partial charge in [0.25, 0.3) is 0 Å². The largest absolute Gasteiger partial charge is 0.461 e. The second-order valence-electron chi connectivity index (χ2n) is 6.32. The molecule has 0 aliphatic heterocycles. The molecule has 0 fully saturated rings. The molecule has 0 aliphatic rings. The number of rotatable bonds is 5. The van der Waals surface area contributed by atoms with E-state index in [0.29, 0.717) is 6.61 Å². The summed E-state index contributed by atoms with van der Waals surface area (Å²) in [4.78, 5) is 11.3. The maximum absolute atomic E-state index is 11.3. The number of hydrogen-bond donors (Lipinski definition) is 0. The van der Waals surface area contributed by atoms with E-state index in [-0.39, 0.29) is 46.8 Å². The first kappa shape index (κ1) is 24.9. The standard InChI is InChI=1S/C23H23O2P.2Pd/c1-17-10-4-7-13-21(17)26(22-14-8-5-11-18(22)2)23-15-9-6-12-20(23)16-25-19(3)24;;/h4-15H,16H2,1-3H3;;. The third-order valence-corrected chi connectivity index (χ3v) is 7.26. The zero-order chi connectivity index (χ0) is 18.5. The molecule has 5 heteroatoms. The summed E-state index contributed by atoms with van der Waals surface area (Å²) in [6.07, 6.45) is 0. The fourth-order valence-corrected chi connectivity index (χ4v) is 5.81. The van der Waals surface area contributed by atoms with Crippen LogP contribution < -0.4 is 15.9 Å². The van der Waals surface area contributed by atoms with Gasteiger partial charge < -0.3 is 4.74 Å². The number of carbonyl (C=O) groups is 1. The number of aryl methyl sites for hydroxylation is 2. The molecule has 0 heterocycles. The average molecular weight is 575 g/mol. The predicted octanol–water partition coefficient (Wildman–Crippen LogP) is 4.12. The molecule has 0 radical (unpaired) electrons. The Kier molecular flexibility index (Phi) is 10.5. The molecule has 0 aromatic heterocycles. The summed E-state index contributed by atoms with van der Waals surface area (Å²) in [6, 6.07) is 25.4. The van der Waals surface area contributed by atoms with Crippen LogP contribution in [0.5, 0.6) is 0 Å². The summed E-state index contributed by atoms with van der Waals surface area (Å²) in [5, 5.41) is 3.92. The van der Waals surface area contributed by atoms with E-state index < -0.39 is 7.92 Å². The summed E-state index contributed by atoms with van der Waals surface area (Å²) in [5.41, 5.74) is 3.63. The van der Waals surface area contributed by atoms with Crippen molar-refractivity contribution in [3.8, 4) is 0 Å². The molecule has 0 saturated carbocycles.